The quantitative estimate of drug-likeness (QED) is 0.375. The summed E-state index contributed by atoms with van der Waals surface area (Å²) in [4.78, 5) is 29.0. The van der Waals surface area contributed by atoms with Gasteiger partial charge in [-0.2, -0.15) is 0 Å². The van der Waals surface area contributed by atoms with Crippen molar-refractivity contribution < 1.29 is 18.7 Å². The Labute approximate surface area is 203 Å². The molecule has 0 saturated heterocycles. The fourth-order valence-electron chi connectivity index (χ4n) is 4.02. The first-order valence-electron chi connectivity index (χ1n) is 11.5. The van der Waals surface area contributed by atoms with Crippen molar-refractivity contribution in [1.82, 2.24) is 25.2 Å². The van der Waals surface area contributed by atoms with Crippen LogP contribution in [0.5, 0.6) is 5.75 Å². The fourth-order valence-corrected chi connectivity index (χ4v) is 4.02. The van der Waals surface area contributed by atoms with E-state index in [-0.39, 0.29) is 30.9 Å². The number of carbonyl (C=O) groups is 2. The van der Waals surface area contributed by atoms with Crippen LogP contribution in [0.15, 0.2) is 71.3 Å². The third-order valence-corrected chi connectivity index (χ3v) is 6.01. The lowest BCUT2D eigenvalue weighted by Gasteiger charge is -2.36. The number of para-hydroxylation sites is 1. The molecule has 35 heavy (non-hydrogen) atoms. The van der Waals surface area contributed by atoms with Crippen LogP contribution in [-0.4, -0.2) is 44.9 Å². The number of rotatable bonds is 10. The van der Waals surface area contributed by atoms with E-state index in [9.17, 15) is 9.59 Å². The minimum atomic E-state index is -0.878. The Morgan fingerprint density at radius 3 is 2.71 bits per heavy atom. The lowest BCUT2D eigenvalue weighted by molar-refractivity contribution is -0.144. The van der Waals surface area contributed by atoms with Crippen molar-refractivity contribution in [3.8, 4) is 5.75 Å². The third kappa shape index (κ3) is 5.34. The second kappa shape index (κ2) is 10.9. The van der Waals surface area contributed by atoms with Gasteiger partial charge in [-0.1, -0.05) is 36.4 Å². The van der Waals surface area contributed by atoms with E-state index in [4.69, 9.17) is 9.15 Å². The van der Waals surface area contributed by atoms with Gasteiger partial charge in [0.1, 0.15) is 29.6 Å². The maximum atomic E-state index is 13.8. The second-order valence-electron chi connectivity index (χ2n) is 8.27. The van der Waals surface area contributed by atoms with E-state index in [1.54, 1.807) is 47.2 Å². The first kappa shape index (κ1) is 24.0. The summed E-state index contributed by atoms with van der Waals surface area (Å²) in [6.07, 6.45) is 2.22. The maximum absolute atomic E-state index is 13.8. The number of ether oxygens (including phenoxy) is 1. The third-order valence-electron chi connectivity index (χ3n) is 6.01. The van der Waals surface area contributed by atoms with Crippen LogP contribution in [0.25, 0.3) is 11.0 Å². The Morgan fingerprint density at radius 1 is 1.14 bits per heavy atom. The number of nitrogens with one attached hydrogen (secondary N) is 1. The van der Waals surface area contributed by atoms with E-state index in [0.29, 0.717) is 29.0 Å². The SMILES string of the molecule is CC[C@@H](C)N(C(=O)Cn1nnc2ccccc21)[C@H](C(=O)NCc1ccco1)c1cccc(OC)c1. The molecule has 0 unspecified atom stereocenters. The summed E-state index contributed by atoms with van der Waals surface area (Å²) < 4.78 is 12.3. The van der Waals surface area contributed by atoms with Gasteiger partial charge in [0.15, 0.2) is 0 Å². The molecule has 2 heterocycles. The molecule has 1 N–H and O–H groups in total. The average molecular weight is 476 g/mol. The Hall–Kier alpha value is -4.14. The molecule has 0 aliphatic rings. The molecule has 2 aromatic carbocycles. The molecule has 2 atom stereocenters. The van der Waals surface area contributed by atoms with Gasteiger partial charge in [0.2, 0.25) is 11.8 Å². The summed E-state index contributed by atoms with van der Waals surface area (Å²) in [5.41, 5.74) is 2.11. The predicted octanol–water partition coefficient (Wildman–Crippen LogP) is 3.72. The van der Waals surface area contributed by atoms with E-state index in [1.165, 1.54) is 0 Å². The molecule has 4 aromatic rings. The summed E-state index contributed by atoms with van der Waals surface area (Å²) >= 11 is 0. The zero-order valence-corrected chi connectivity index (χ0v) is 20.0. The van der Waals surface area contributed by atoms with Gasteiger partial charge < -0.3 is 19.4 Å². The number of fused-ring (bicyclic) bond motifs is 1. The fraction of sp³-hybridized carbons (Fsp3) is 0.308. The smallest absolute Gasteiger partial charge is 0.247 e. The van der Waals surface area contributed by atoms with Gasteiger partial charge in [-0.05, 0) is 55.3 Å². The number of hydrogen-bond donors (Lipinski definition) is 1. The van der Waals surface area contributed by atoms with E-state index >= 15 is 0 Å². The van der Waals surface area contributed by atoms with Gasteiger partial charge in [0.25, 0.3) is 0 Å². The van der Waals surface area contributed by atoms with Crippen LogP contribution in [0.1, 0.15) is 37.6 Å². The number of nitrogens with zero attached hydrogens (tertiary/aromatic N) is 4. The van der Waals surface area contributed by atoms with Crippen LogP contribution >= 0.6 is 0 Å². The Morgan fingerprint density at radius 2 is 1.97 bits per heavy atom. The second-order valence-corrected chi connectivity index (χ2v) is 8.27. The number of aromatic nitrogens is 3. The van der Waals surface area contributed by atoms with Crippen LogP contribution in [0.2, 0.25) is 0 Å². The van der Waals surface area contributed by atoms with Crippen LogP contribution < -0.4 is 10.1 Å². The predicted molar refractivity (Wildman–Crippen MR) is 130 cm³/mol. The molecule has 9 heteroatoms. The topological polar surface area (TPSA) is 102 Å². The van der Waals surface area contributed by atoms with Crippen molar-refractivity contribution in [2.45, 2.75) is 45.4 Å². The largest absolute Gasteiger partial charge is 0.497 e. The number of hydrogen-bond acceptors (Lipinski definition) is 6. The zero-order valence-electron chi connectivity index (χ0n) is 20.0. The van der Waals surface area contributed by atoms with Crippen molar-refractivity contribution in [1.29, 1.82) is 0 Å². The minimum Gasteiger partial charge on any atom is -0.497 e. The molecule has 2 aromatic heterocycles. The van der Waals surface area contributed by atoms with Crippen molar-refractivity contribution in [2.75, 3.05) is 7.11 Å². The first-order chi connectivity index (χ1) is 17.0. The molecule has 0 bridgehead atoms. The van der Waals surface area contributed by atoms with Crippen LogP contribution in [-0.2, 0) is 22.7 Å². The lowest BCUT2D eigenvalue weighted by atomic mass is 10.0. The summed E-state index contributed by atoms with van der Waals surface area (Å²) in [5.74, 6) is 0.672. The van der Waals surface area contributed by atoms with Crippen molar-refractivity contribution in [3.63, 3.8) is 0 Å². The van der Waals surface area contributed by atoms with E-state index in [0.717, 1.165) is 5.52 Å². The molecular formula is C26H29N5O4. The highest BCUT2D eigenvalue weighted by Gasteiger charge is 2.35. The van der Waals surface area contributed by atoms with E-state index < -0.39 is 6.04 Å². The number of carbonyl (C=O) groups excluding carboxylic acids is 2. The average Bonchev–Trinajstić information content (AvgIpc) is 3.55. The molecule has 0 aliphatic heterocycles. The van der Waals surface area contributed by atoms with E-state index in [1.807, 2.05) is 50.2 Å². The highest BCUT2D eigenvalue weighted by molar-refractivity contribution is 5.89. The molecule has 2 amide bonds. The van der Waals surface area contributed by atoms with Crippen molar-refractivity contribution in [3.05, 3.63) is 78.3 Å². The number of amides is 2. The summed E-state index contributed by atoms with van der Waals surface area (Å²) in [5, 5.41) is 11.2. The van der Waals surface area contributed by atoms with Crippen LogP contribution in [0.4, 0.5) is 0 Å². The molecular weight excluding hydrogens is 446 g/mol. The number of methoxy groups -OCH3 is 1. The Bertz CT molecular complexity index is 1280. The lowest BCUT2D eigenvalue weighted by Crippen LogP contribution is -2.48. The van der Waals surface area contributed by atoms with Crippen molar-refractivity contribution in [2.24, 2.45) is 0 Å². The molecule has 0 saturated carbocycles. The summed E-state index contributed by atoms with van der Waals surface area (Å²) in [6, 6.07) is 17.1. The molecule has 4 rings (SSSR count). The van der Waals surface area contributed by atoms with E-state index in [2.05, 4.69) is 15.6 Å². The Kier molecular flexibility index (Phi) is 7.45. The van der Waals surface area contributed by atoms with Gasteiger partial charge in [-0.25, -0.2) is 4.68 Å². The van der Waals surface area contributed by atoms with Gasteiger partial charge in [0, 0.05) is 6.04 Å². The molecule has 0 fully saturated rings. The highest BCUT2D eigenvalue weighted by Crippen LogP contribution is 2.28. The van der Waals surface area contributed by atoms with Gasteiger partial charge >= 0.3 is 0 Å². The number of benzene rings is 2. The minimum absolute atomic E-state index is 0.0449. The standard InChI is InChI=1S/C26H29N5O4/c1-4-18(2)31(24(32)17-30-23-13-6-5-12-22(23)28-29-30)25(19-9-7-10-20(15-19)34-3)26(33)27-16-21-11-8-14-35-21/h5-15,18,25H,4,16-17H2,1-3H3,(H,27,33)/t18-,25+/m1/s1. The van der Waals surface area contributed by atoms with Crippen LogP contribution in [0.3, 0.4) is 0 Å². The molecule has 9 nitrogen and oxygen atoms in total. The van der Waals surface area contributed by atoms with Gasteiger partial charge in [0.05, 0.1) is 25.4 Å². The van der Waals surface area contributed by atoms with Crippen LogP contribution in [0, 0.1) is 0 Å². The molecule has 0 radical (unpaired) electrons. The normalized spacial score (nSPS) is 12.8. The van der Waals surface area contributed by atoms with Gasteiger partial charge in [-0.15, -0.1) is 5.10 Å². The monoisotopic (exact) mass is 475 g/mol. The highest BCUT2D eigenvalue weighted by atomic mass is 16.5. The first-order valence-corrected chi connectivity index (χ1v) is 11.5. The van der Waals surface area contributed by atoms with Crippen molar-refractivity contribution >= 4 is 22.8 Å². The summed E-state index contributed by atoms with van der Waals surface area (Å²) in [6.45, 7) is 4.09. The molecule has 0 aliphatic carbocycles. The Balaban J connectivity index is 1.69. The maximum Gasteiger partial charge on any atom is 0.247 e. The molecule has 0 spiro atoms. The summed E-state index contributed by atoms with van der Waals surface area (Å²) in [7, 11) is 1.57. The van der Waals surface area contributed by atoms with Gasteiger partial charge in [-0.3, -0.25) is 9.59 Å². The molecule has 182 valence electrons. The zero-order chi connectivity index (χ0) is 24.8. The number of furan rings is 1.